The number of carbonyl (C=O) groups is 1. The maximum atomic E-state index is 13.7. The van der Waals surface area contributed by atoms with Crippen LogP contribution in [0.3, 0.4) is 0 Å². The molecule has 1 amide bonds. The fraction of sp³-hybridized carbons (Fsp3) is 0.214. The van der Waals surface area contributed by atoms with Crippen LogP contribution in [0.25, 0.3) is 5.69 Å². The Kier molecular flexibility index (Phi) is 5.88. The van der Waals surface area contributed by atoms with Crippen LogP contribution >= 0.6 is 11.6 Å². The third-order valence-electron chi connectivity index (χ3n) is 6.49. The van der Waals surface area contributed by atoms with Gasteiger partial charge in [-0.3, -0.25) is 9.59 Å². The van der Waals surface area contributed by atoms with Crippen molar-refractivity contribution in [3.05, 3.63) is 92.7 Å². The van der Waals surface area contributed by atoms with E-state index in [1.165, 1.54) is 4.68 Å². The number of ether oxygens (including phenoxy) is 3. The Labute approximate surface area is 217 Å². The number of carbonyl (C=O) groups excluding carboxylic acids is 1. The summed E-state index contributed by atoms with van der Waals surface area (Å²) in [6, 6.07) is 18.3. The molecule has 0 saturated heterocycles. The Bertz CT molecular complexity index is 1570. The lowest BCUT2D eigenvalue weighted by Crippen LogP contribution is -2.27. The highest BCUT2D eigenvalue weighted by Gasteiger charge is 2.29. The number of hydrogen-bond acceptors (Lipinski definition) is 5. The molecule has 188 valence electrons. The van der Waals surface area contributed by atoms with Gasteiger partial charge in [-0.1, -0.05) is 30.7 Å². The van der Waals surface area contributed by atoms with Crippen molar-refractivity contribution in [3.8, 4) is 28.8 Å². The van der Waals surface area contributed by atoms with Gasteiger partial charge in [-0.05, 0) is 54.4 Å². The lowest BCUT2D eigenvalue weighted by Gasteiger charge is -2.20. The van der Waals surface area contributed by atoms with E-state index in [0.29, 0.717) is 64.7 Å². The zero-order valence-corrected chi connectivity index (χ0v) is 20.9. The minimum Gasteiger partial charge on any atom is -0.486 e. The van der Waals surface area contributed by atoms with Crippen LogP contribution in [0.1, 0.15) is 23.6 Å². The number of halogens is 1. The van der Waals surface area contributed by atoms with Crippen LogP contribution < -0.4 is 25.1 Å². The van der Waals surface area contributed by atoms with Gasteiger partial charge < -0.3 is 19.5 Å². The third-order valence-corrected chi connectivity index (χ3v) is 6.72. The Morgan fingerprint density at radius 3 is 2.51 bits per heavy atom. The molecular formula is C28H24ClN3O5. The molecule has 3 heterocycles. The molecule has 0 aliphatic carbocycles. The molecule has 2 aliphatic rings. The Morgan fingerprint density at radius 2 is 1.73 bits per heavy atom. The summed E-state index contributed by atoms with van der Waals surface area (Å²) in [5, 5.41) is 3.47. The van der Waals surface area contributed by atoms with Crippen molar-refractivity contribution in [1.82, 2.24) is 9.36 Å². The number of anilines is 1. The van der Waals surface area contributed by atoms with E-state index in [2.05, 4.69) is 12.2 Å². The highest BCUT2D eigenvalue weighted by Crippen LogP contribution is 2.37. The summed E-state index contributed by atoms with van der Waals surface area (Å²) in [5.74, 6) is 1.85. The quantitative estimate of drug-likeness (QED) is 0.356. The molecule has 6 rings (SSSR count). The summed E-state index contributed by atoms with van der Waals surface area (Å²) in [6.45, 7) is 2.87. The molecule has 0 saturated carbocycles. The summed E-state index contributed by atoms with van der Waals surface area (Å²) < 4.78 is 20.5. The third kappa shape index (κ3) is 4.34. The van der Waals surface area contributed by atoms with Gasteiger partial charge in [0, 0.05) is 28.8 Å². The fourth-order valence-electron chi connectivity index (χ4n) is 4.65. The predicted octanol–water partition coefficient (Wildman–Crippen LogP) is 4.96. The van der Waals surface area contributed by atoms with Gasteiger partial charge in [-0.15, -0.1) is 0 Å². The smallest absolute Gasteiger partial charge is 0.278 e. The lowest BCUT2D eigenvalue weighted by molar-refractivity contribution is -0.117. The first-order chi connectivity index (χ1) is 18.0. The average Bonchev–Trinajstić information content (AvgIpc) is 3.17. The van der Waals surface area contributed by atoms with Gasteiger partial charge in [0.2, 0.25) is 11.8 Å². The van der Waals surface area contributed by atoms with E-state index in [9.17, 15) is 9.59 Å². The van der Waals surface area contributed by atoms with E-state index in [-0.39, 0.29) is 18.0 Å². The van der Waals surface area contributed by atoms with E-state index in [1.807, 2.05) is 24.3 Å². The molecule has 0 fully saturated rings. The molecular weight excluding hydrogens is 494 g/mol. The van der Waals surface area contributed by atoms with E-state index in [4.69, 9.17) is 25.8 Å². The number of aromatic nitrogens is 2. The van der Waals surface area contributed by atoms with Gasteiger partial charge in [0.1, 0.15) is 25.5 Å². The normalized spacial score (nSPS) is 13.4. The van der Waals surface area contributed by atoms with Crippen molar-refractivity contribution < 1.29 is 19.0 Å². The topological polar surface area (TPSA) is 83.7 Å². The lowest BCUT2D eigenvalue weighted by atomic mass is 10.0. The second-order valence-electron chi connectivity index (χ2n) is 8.92. The van der Waals surface area contributed by atoms with Crippen LogP contribution in [0, 0.1) is 0 Å². The molecule has 0 radical (unpaired) electrons. The second-order valence-corrected chi connectivity index (χ2v) is 9.35. The molecule has 4 aromatic rings. The first-order valence-electron chi connectivity index (χ1n) is 12.1. The van der Waals surface area contributed by atoms with Gasteiger partial charge in [-0.2, -0.15) is 0 Å². The van der Waals surface area contributed by atoms with Crippen LogP contribution in [-0.4, -0.2) is 28.5 Å². The SMILES string of the molecule is CCc1ccc(-n2c(=O)c3c(n2CC(=O)Nc2ccc4c(c2)OCCO4)Oc2ccc(Cl)cc2C3)cc1. The molecule has 0 spiro atoms. The summed E-state index contributed by atoms with van der Waals surface area (Å²) in [5.41, 5.74) is 3.42. The molecule has 9 heteroatoms. The van der Waals surface area contributed by atoms with Crippen LogP contribution in [0.2, 0.25) is 5.02 Å². The van der Waals surface area contributed by atoms with Crippen LogP contribution in [-0.2, 0) is 24.2 Å². The zero-order valence-electron chi connectivity index (χ0n) is 20.1. The zero-order chi connectivity index (χ0) is 25.5. The molecule has 1 N–H and O–H groups in total. The average molecular weight is 518 g/mol. The fourth-order valence-corrected chi connectivity index (χ4v) is 4.85. The van der Waals surface area contributed by atoms with Gasteiger partial charge in [-0.25, -0.2) is 9.36 Å². The second kappa shape index (κ2) is 9.37. The minimum atomic E-state index is -0.320. The van der Waals surface area contributed by atoms with E-state index < -0.39 is 0 Å². The van der Waals surface area contributed by atoms with Gasteiger partial charge in [0.05, 0.1) is 11.3 Å². The largest absolute Gasteiger partial charge is 0.486 e. The molecule has 8 nitrogen and oxygen atoms in total. The molecule has 37 heavy (non-hydrogen) atoms. The van der Waals surface area contributed by atoms with Gasteiger partial charge in [0.15, 0.2) is 11.5 Å². The molecule has 1 aromatic heterocycles. The van der Waals surface area contributed by atoms with Crippen molar-refractivity contribution in [2.24, 2.45) is 0 Å². The number of nitrogens with one attached hydrogen (secondary N) is 1. The molecule has 2 aliphatic heterocycles. The highest BCUT2D eigenvalue weighted by molar-refractivity contribution is 6.30. The molecule has 0 unspecified atom stereocenters. The van der Waals surface area contributed by atoms with Gasteiger partial charge >= 0.3 is 0 Å². The highest BCUT2D eigenvalue weighted by atomic mass is 35.5. The Morgan fingerprint density at radius 1 is 0.973 bits per heavy atom. The van der Waals surface area contributed by atoms with E-state index in [0.717, 1.165) is 17.5 Å². The Hall–Kier alpha value is -4.17. The first-order valence-corrected chi connectivity index (χ1v) is 12.5. The number of fused-ring (bicyclic) bond motifs is 3. The number of nitrogens with zero attached hydrogens (tertiary/aromatic N) is 2. The van der Waals surface area contributed by atoms with Crippen LogP contribution in [0.4, 0.5) is 5.69 Å². The summed E-state index contributed by atoms with van der Waals surface area (Å²) in [6.07, 6.45) is 1.23. The van der Waals surface area contributed by atoms with Crippen molar-refractivity contribution >= 4 is 23.2 Å². The van der Waals surface area contributed by atoms with Crippen LogP contribution in [0.5, 0.6) is 23.1 Å². The van der Waals surface area contributed by atoms with Crippen molar-refractivity contribution in [1.29, 1.82) is 0 Å². The van der Waals surface area contributed by atoms with Crippen molar-refractivity contribution in [3.63, 3.8) is 0 Å². The molecule has 3 aromatic carbocycles. The summed E-state index contributed by atoms with van der Waals surface area (Å²) in [4.78, 5) is 26.9. The van der Waals surface area contributed by atoms with E-state index >= 15 is 0 Å². The first kappa shape index (κ1) is 23.2. The Balaban J connectivity index is 1.37. The van der Waals surface area contributed by atoms with Crippen LogP contribution in [0.15, 0.2) is 65.5 Å². The van der Waals surface area contributed by atoms with Crippen molar-refractivity contribution in [2.75, 3.05) is 18.5 Å². The maximum Gasteiger partial charge on any atom is 0.278 e. The number of benzene rings is 3. The monoisotopic (exact) mass is 517 g/mol. The number of rotatable bonds is 5. The minimum absolute atomic E-state index is 0.141. The number of hydrogen-bond donors (Lipinski definition) is 1. The predicted molar refractivity (Wildman–Crippen MR) is 140 cm³/mol. The summed E-state index contributed by atoms with van der Waals surface area (Å²) >= 11 is 6.18. The molecule has 0 atom stereocenters. The standard InChI is InChI=1S/C28H24ClN3O5/c1-2-17-3-7-21(8-4-17)32-27(34)22-14-18-13-19(29)5-9-23(18)37-28(22)31(32)16-26(33)30-20-6-10-24-25(15-20)36-12-11-35-24/h3-10,13,15H,2,11-12,14,16H2,1H3,(H,30,33). The molecule has 0 bridgehead atoms. The van der Waals surface area contributed by atoms with Gasteiger partial charge in [0.25, 0.3) is 5.56 Å². The van der Waals surface area contributed by atoms with E-state index in [1.54, 1.807) is 41.1 Å². The number of amides is 1. The summed E-state index contributed by atoms with van der Waals surface area (Å²) in [7, 11) is 0. The number of aryl methyl sites for hydroxylation is 1. The van der Waals surface area contributed by atoms with Crippen molar-refractivity contribution in [2.45, 2.75) is 26.3 Å². The maximum absolute atomic E-state index is 13.7.